The van der Waals surface area contributed by atoms with Crippen LogP contribution in [0.5, 0.6) is 0 Å². The molecule has 4 rings (SSSR count). The second-order valence-electron chi connectivity index (χ2n) is 8.59. The molecule has 1 aliphatic heterocycles. The monoisotopic (exact) mass is 409 g/mol. The fourth-order valence-corrected chi connectivity index (χ4v) is 4.95. The smallest absolute Gasteiger partial charge is 0.233 e. The first kappa shape index (κ1) is 20.4. The first-order chi connectivity index (χ1) is 14.5. The number of hydrogen-bond acceptors (Lipinski definition) is 4. The van der Waals surface area contributed by atoms with Crippen molar-refractivity contribution in [1.82, 2.24) is 15.5 Å². The van der Waals surface area contributed by atoms with Gasteiger partial charge in [-0.25, -0.2) is 0 Å². The molecule has 2 aliphatic carbocycles. The molecule has 1 aromatic rings. The summed E-state index contributed by atoms with van der Waals surface area (Å²) in [6.07, 6.45) is 5.94. The number of rotatable bonds is 7. The van der Waals surface area contributed by atoms with Crippen molar-refractivity contribution in [3.8, 4) is 0 Å². The zero-order valence-corrected chi connectivity index (χ0v) is 18.0. The van der Waals surface area contributed by atoms with Crippen molar-refractivity contribution in [3.63, 3.8) is 0 Å². The number of benzene rings is 1. The summed E-state index contributed by atoms with van der Waals surface area (Å²) in [6, 6.07) is 8.38. The second-order valence-corrected chi connectivity index (χ2v) is 8.59. The van der Waals surface area contributed by atoms with E-state index in [9.17, 15) is 9.59 Å². The molecule has 7 heteroatoms. The van der Waals surface area contributed by atoms with E-state index in [1.165, 1.54) is 16.2 Å². The fourth-order valence-electron chi connectivity index (χ4n) is 4.95. The largest absolute Gasteiger partial charge is 0.378 e. The predicted molar refractivity (Wildman–Crippen MR) is 118 cm³/mol. The quantitative estimate of drug-likeness (QED) is 0.235. The van der Waals surface area contributed by atoms with E-state index in [1.807, 2.05) is 14.1 Å². The molecule has 0 spiro atoms. The number of carbonyl (C=O) groups is 2. The molecule has 160 valence electrons. The average Bonchev–Trinajstić information content (AvgIpc) is 3.43. The minimum atomic E-state index is -0.103. The van der Waals surface area contributed by atoms with E-state index in [0.29, 0.717) is 32.0 Å². The number of aliphatic imine (C=N–C) groups is 1. The molecule has 2 N–H and O–H groups in total. The van der Waals surface area contributed by atoms with Crippen molar-refractivity contribution < 1.29 is 9.59 Å². The lowest BCUT2D eigenvalue weighted by molar-refractivity contribution is -0.140. The van der Waals surface area contributed by atoms with Crippen LogP contribution in [0.25, 0.3) is 0 Å². The van der Waals surface area contributed by atoms with E-state index in [4.69, 9.17) is 0 Å². The van der Waals surface area contributed by atoms with E-state index < -0.39 is 0 Å². The molecule has 1 heterocycles. The fraction of sp³-hybridized carbons (Fsp3) is 0.522. The first-order valence-electron chi connectivity index (χ1n) is 10.7. The molecular formula is C23H31N5O2. The Morgan fingerprint density at radius 2 is 1.70 bits per heavy atom. The lowest BCUT2D eigenvalue weighted by Crippen LogP contribution is -2.39. The van der Waals surface area contributed by atoms with Gasteiger partial charge in [0.25, 0.3) is 0 Å². The van der Waals surface area contributed by atoms with Crippen LogP contribution < -0.4 is 15.5 Å². The van der Waals surface area contributed by atoms with Gasteiger partial charge in [-0.05, 0) is 42.4 Å². The molecule has 1 saturated carbocycles. The number of amides is 2. The summed E-state index contributed by atoms with van der Waals surface area (Å²) >= 11 is 0. The number of carbonyl (C=O) groups excluding carboxylic acids is 2. The number of allylic oxidation sites excluding steroid dienone is 2. The lowest BCUT2D eigenvalue weighted by Gasteiger charge is -2.18. The van der Waals surface area contributed by atoms with Gasteiger partial charge in [-0.1, -0.05) is 24.3 Å². The van der Waals surface area contributed by atoms with Gasteiger partial charge in [0, 0.05) is 46.5 Å². The highest BCUT2D eigenvalue weighted by Gasteiger charge is 2.58. The van der Waals surface area contributed by atoms with Crippen LogP contribution in [-0.2, 0) is 16.1 Å². The maximum atomic E-state index is 12.7. The Morgan fingerprint density at radius 1 is 1.07 bits per heavy atom. The van der Waals surface area contributed by atoms with Crippen molar-refractivity contribution in [3.05, 3.63) is 42.0 Å². The van der Waals surface area contributed by atoms with Crippen LogP contribution in [0.4, 0.5) is 5.69 Å². The van der Waals surface area contributed by atoms with Crippen LogP contribution in [0.1, 0.15) is 18.4 Å². The van der Waals surface area contributed by atoms with Gasteiger partial charge in [0.1, 0.15) is 0 Å². The summed E-state index contributed by atoms with van der Waals surface area (Å²) in [6.45, 7) is 1.80. The number of nitrogens with zero attached hydrogens (tertiary/aromatic N) is 3. The van der Waals surface area contributed by atoms with Crippen LogP contribution in [-0.4, -0.2) is 56.9 Å². The zero-order chi connectivity index (χ0) is 21.3. The summed E-state index contributed by atoms with van der Waals surface area (Å²) in [7, 11) is 5.79. The number of guanidine groups is 1. The van der Waals surface area contributed by atoms with Gasteiger partial charge >= 0.3 is 0 Å². The van der Waals surface area contributed by atoms with Crippen molar-refractivity contribution in [1.29, 1.82) is 0 Å². The van der Waals surface area contributed by atoms with Crippen LogP contribution in [0, 0.1) is 23.7 Å². The predicted octanol–water partition coefficient (Wildman–Crippen LogP) is 1.61. The number of likely N-dealkylation sites (tertiary alicyclic amines) is 1. The first-order valence-corrected chi connectivity index (χ1v) is 10.7. The van der Waals surface area contributed by atoms with Crippen molar-refractivity contribution in [2.45, 2.75) is 19.4 Å². The highest BCUT2D eigenvalue weighted by atomic mass is 16.2. The number of hydrogen-bond donors (Lipinski definition) is 2. The standard InChI is InChI=1S/C23H31N5O2/c1-24-23(26-14-15-5-9-18(10-6-15)27(2)3)25-11-4-12-28-21(29)19-16-7-8-17(13-16)20(19)22(28)30/h5-10,16-17,19-20H,4,11-14H2,1-3H3,(H2,24,25,26). The van der Waals surface area contributed by atoms with E-state index in [2.05, 4.69) is 56.9 Å². The van der Waals surface area contributed by atoms with E-state index >= 15 is 0 Å². The molecule has 1 aromatic carbocycles. The molecule has 3 aliphatic rings. The molecule has 0 radical (unpaired) electrons. The number of fused-ring (bicyclic) bond motifs is 5. The maximum Gasteiger partial charge on any atom is 0.233 e. The molecule has 1 saturated heterocycles. The topological polar surface area (TPSA) is 77.0 Å². The summed E-state index contributed by atoms with van der Waals surface area (Å²) in [5.41, 5.74) is 2.34. The molecule has 30 heavy (non-hydrogen) atoms. The van der Waals surface area contributed by atoms with Crippen LogP contribution in [0.15, 0.2) is 41.4 Å². The number of anilines is 1. The van der Waals surface area contributed by atoms with Gasteiger partial charge in [-0.15, -0.1) is 0 Å². The van der Waals surface area contributed by atoms with Crippen LogP contribution in [0.3, 0.4) is 0 Å². The molecule has 2 bridgehead atoms. The Morgan fingerprint density at radius 3 is 2.27 bits per heavy atom. The van der Waals surface area contributed by atoms with Crippen molar-refractivity contribution in [2.75, 3.05) is 39.1 Å². The number of nitrogens with one attached hydrogen (secondary N) is 2. The Balaban J connectivity index is 1.20. The Hall–Kier alpha value is -2.83. The van der Waals surface area contributed by atoms with E-state index in [0.717, 1.165) is 6.42 Å². The third-order valence-electron chi connectivity index (χ3n) is 6.55. The van der Waals surface area contributed by atoms with Gasteiger partial charge < -0.3 is 15.5 Å². The third kappa shape index (κ3) is 3.80. The molecule has 2 amide bonds. The third-order valence-corrected chi connectivity index (χ3v) is 6.55. The summed E-state index contributed by atoms with van der Waals surface area (Å²) in [5, 5.41) is 6.57. The molecule has 0 aromatic heterocycles. The van der Waals surface area contributed by atoms with Crippen molar-refractivity contribution >= 4 is 23.5 Å². The molecule has 7 nitrogen and oxygen atoms in total. The van der Waals surface area contributed by atoms with Gasteiger partial charge in [0.05, 0.1) is 11.8 Å². The van der Waals surface area contributed by atoms with E-state index in [-0.39, 0.29) is 35.5 Å². The average molecular weight is 410 g/mol. The Labute approximate surface area is 178 Å². The van der Waals surface area contributed by atoms with Gasteiger partial charge in [-0.3, -0.25) is 19.5 Å². The van der Waals surface area contributed by atoms with Crippen LogP contribution >= 0.6 is 0 Å². The Bertz CT molecular complexity index is 831. The molecule has 4 unspecified atom stereocenters. The molecular weight excluding hydrogens is 378 g/mol. The maximum absolute atomic E-state index is 12.7. The zero-order valence-electron chi connectivity index (χ0n) is 18.0. The lowest BCUT2D eigenvalue weighted by atomic mass is 9.85. The van der Waals surface area contributed by atoms with Gasteiger partial charge in [0.2, 0.25) is 11.8 Å². The summed E-state index contributed by atoms with van der Waals surface area (Å²) in [5.74, 6) is 1.12. The highest BCUT2D eigenvalue weighted by molar-refractivity contribution is 6.06. The Kier molecular flexibility index (Phi) is 5.79. The second kappa shape index (κ2) is 8.50. The van der Waals surface area contributed by atoms with Crippen LogP contribution in [0.2, 0.25) is 0 Å². The molecule has 4 atom stereocenters. The summed E-state index contributed by atoms with van der Waals surface area (Å²) in [4.78, 5) is 33.2. The molecule has 2 fully saturated rings. The minimum absolute atomic E-state index is 0.0329. The number of imide groups is 1. The van der Waals surface area contributed by atoms with E-state index in [1.54, 1.807) is 7.05 Å². The van der Waals surface area contributed by atoms with Crippen molar-refractivity contribution in [2.24, 2.45) is 28.7 Å². The summed E-state index contributed by atoms with van der Waals surface area (Å²) < 4.78 is 0. The minimum Gasteiger partial charge on any atom is -0.378 e. The highest BCUT2D eigenvalue weighted by Crippen LogP contribution is 2.52. The van der Waals surface area contributed by atoms with Gasteiger partial charge in [-0.2, -0.15) is 0 Å². The SMILES string of the molecule is CN=C(NCCCN1C(=O)C2C3C=CC(C3)C2C1=O)NCc1ccc(N(C)C)cc1. The van der Waals surface area contributed by atoms with Gasteiger partial charge in [0.15, 0.2) is 5.96 Å². The normalized spacial score (nSPS) is 27.0.